The fraction of sp³-hybridized carbons (Fsp3) is 0.214. The molecule has 0 aliphatic heterocycles. The number of rotatable bonds is 2. The van der Waals surface area contributed by atoms with Crippen LogP contribution >= 0.6 is 15.9 Å². The minimum atomic E-state index is -0.256. The van der Waals surface area contributed by atoms with Crippen molar-refractivity contribution in [1.82, 2.24) is 9.97 Å². The van der Waals surface area contributed by atoms with Crippen LogP contribution in [-0.2, 0) is 0 Å². The zero-order valence-electron chi connectivity index (χ0n) is 11.0. The Bertz CT molecular complexity index is 600. The van der Waals surface area contributed by atoms with Crippen molar-refractivity contribution in [3.8, 4) is 0 Å². The Balaban J connectivity index is 2.22. The van der Waals surface area contributed by atoms with E-state index in [9.17, 15) is 4.79 Å². The Morgan fingerprint density at radius 1 is 1.11 bits per heavy atom. The first-order valence-corrected chi connectivity index (χ1v) is 6.63. The predicted molar refractivity (Wildman–Crippen MR) is 78.3 cm³/mol. The number of aromatic nitrogens is 2. The van der Waals surface area contributed by atoms with Gasteiger partial charge in [-0.1, -0.05) is 15.9 Å². The highest BCUT2D eigenvalue weighted by Crippen LogP contribution is 2.25. The smallest absolute Gasteiger partial charge is 0.275 e. The maximum atomic E-state index is 12.0. The Kier molecular flexibility index (Phi) is 3.95. The van der Waals surface area contributed by atoms with Crippen molar-refractivity contribution >= 4 is 27.5 Å². The number of halogens is 1. The van der Waals surface area contributed by atoms with Gasteiger partial charge in [0.2, 0.25) is 0 Å². The molecule has 1 aromatic carbocycles. The van der Waals surface area contributed by atoms with Gasteiger partial charge in [0.25, 0.3) is 5.91 Å². The number of benzene rings is 1. The molecule has 0 aliphatic carbocycles. The summed E-state index contributed by atoms with van der Waals surface area (Å²) in [7, 11) is 0. The van der Waals surface area contributed by atoms with E-state index in [1.165, 1.54) is 6.20 Å². The summed E-state index contributed by atoms with van der Waals surface area (Å²) in [6.45, 7) is 5.80. The number of anilines is 1. The topological polar surface area (TPSA) is 54.9 Å². The van der Waals surface area contributed by atoms with Crippen LogP contribution in [0.15, 0.2) is 29.0 Å². The van der Waals surface area contributed by atoms with Crippen LogP contribution in [0.2, 0.25) is 0 Å². The van der Waals surface area contributed by atoms with Gasteiger partial charge in [-0.3, -0.25) is 9.78 Å². The van der Waals surface area contributed by atoms with Crippen molar-refractivity contribution in [2.75, 3.05) is 5.32 Å². The molecule has 0 spiro atoms. The molecule has 0 unspecified atom stereocenters. The van der Waals surface area contributed by atoms with Crippen molar-refractivity contribution in [1.29, 1.82) is 0 Å². The van der Waals surface area contributed by atoms with Crippen molar-refractivity contribution in [2.24, 2.45) is 0 Å². The molecule has 1 heterocycles. The minimum Gasteiger partial charge on any atom is -0.321 e. The van der Waals surface area contributed by atoms with Crippen molar-refractivity contribution in [3.05, 3.63) is 51.5 Å². The number of nitrogens with one attached hydrogen (secondary N) is 1. The van der Waals surface area contributed by atoms with Gasteiger partial charge in [-0.15, -0.1) is 0 Å². The Hall–Kier alpha value is -1.75. The summed E-state index contributed by atoms with van der Waals surface area (Å²) in [5, 5.41) is 2.82. The summed E-state index contributed by atoms with van der Waals surface area (Å²) >= 11 is 3.50. The zero-order valence-corrected chi connectivity index (χ0v) is 12.6. The van der Waals surface area contributed by atoms with Crippen LogP contribution in [0.1, 0.15) is 27.3 Å². The molecule has 1 aromatic heterocycles. The Labute approximate surface area is 120 Å². The standard InChI is InChI=1S/C14H14BrN3O/c1-8-4-11(5-9(2)13(8)15)18-14(19)12-7-16-10(3)6-17-12/h4-7H,1-3H3,(H,18,19). The van der Waals surface area contributed by atoms with Gasteiger partial charge in [0.15, 0.2) is 0 Å². The summed E-state index contributed by atoms with van der Waals surface area (Å²) in [5.74, 6) is -0.256. The highest BCUT2D eigenvalue weighted by Gasteiger charge is 2.09. The fourth-order valence-corrected chi connectivity index (χ4v) is 1.95. The molecule has 0 saturated carbocycles. The SMILES string of the molecule is Cc1cnc(C(=O)Nc2cc(C)c(Br)c(C)c2)cn1. The van der Waals surface area contributed by atoms with Gasteiger partial charge in [-0.2, -0.15) is 0 Å². The Morgan fingerprint density at radius 2 is 1.74 bits per heavy atom. The molecule has 2 rings (SSSR count). The number of amides is 1. The lowest BCUT2D eigenvalue weighted by Crippen LogP contribution is -2.14. The lowest BCUT2D eigenvalue weighted by Gasteiger charge is -2.09. The maximum Gasteiger partial charge on any atom is 0.275 e. The third kappa shape index (κ3) is 3.17. The van der Waals surface area contributed by atoms with E-state index >= 15 is 0 Å². The third-order valence-electron chi connectivity index (χ3n) is 2.71. The van der Waals surface area contributed by atoms with Crippen LogP contribution in [0.25, 0.3) is 0 Å². The summed E-state index contributed by atoms with van der Waals surface area (Å²) in [6.07, 6.45) is 3.05. The number of carbonyl (C=O) groups excluding carboxylic acids is 1. The van der Waals surface area contributed by atoms with Crippen LogP contribution in [0, 0.1) is 20.8 Å². The van der Waals surface area contributed by atoms with E-state index in [1.54, 1.807) is 6.20 Å². The first kappa shape index (κ1) is 13.7. The maximum absolute atomic E-state index is 12.0. The van der Waals surface area contributed by atoms with Gasteiger partial charge in [-0.05, 0) is 44.0 Å². The normalized spacial score (nSPS) is 10.3. The number of nitrogens with zero attached hydrogens (tertiary/aromatic N) is 2. The van der Waals surface area contributed by atoms with E-state index in [0.717, 1.165) is 27.0 Å². The fourth-order valence-electron chi connectivity index (χ4n) is 1.72. The zero-order chi connectivity index (χ0) is 14.0. The lowest BCUT2D eigenvalue weighted by molar-refractivity contribution is 0.102. The molecule has 0 aliphatic rings. The number of carbonyl (C=O) groups is 1. The third-order valence-corrected chi connectivity index (χ3v) is 3.96. The van der Waals surface area contributed by atoms with E-state index in [0.29, 0.717) is 5.69 Å². The molecule has 0 fully saturated rings. The van der Waals surface area contributed by atoms with Crippen LogP contribution in [0.4, 0.5) is 5.69 Å². The van der Waals surface area contributed by atoms with Gasteiger partial charge >= 0.3 is 0 Å². The van der Waals surface area contributed by atoms with Crippen molar-refractivity contribution < 1.29 is 4.79 Å². The van der Waals surface area contributed by atoms with Gasteiger partial charge < -0.3 is 5.32 Å². The monoisotopic (exact) mass is 319 g/mol. The van der Waals surface area contributed by atoms with Crippen LogP contribution in [0.3, 0.4) is 0 Å². The quantitative estimate of drug-likeness (QED) is 0.922. The van der Waals surface area contributed by atoms with E-state index in [4.69, 9.17) is 0 Å². The number of hydrogen-bond donors (Lipinski definition) is 1. The van der Waals surface area contributed by atoms with Crippen molar-refractivity contribution in [3.63, 3.8) is 0 Å². The van der Waals surface area contributed by atoms with E-state index in [2.05, 4.69) is 31.2 Å². The van der Waals surface area contributed by atoms with E-state index < -0.39 is 0 Å². The molecule has 4 nitrogen and oxygen atoms in total. The molecular formula is C14H14BrN3O. The molecule has 1 N–H and O–H groups in total. The van der Waals surface area contributed by atoms with Crippen LogP contribution < -0.4 is 5.32 Å². The highest BCUT2D eigenvalue weighted by molar-refractivity contribution is 9.10. The second-order valence-corrected chi connectivity index (χ2v) is 5.21. The molecule has 19 heavy (non-hydrogen) atoms. The second kappa shape index (κ2) is 5.48. The molecular weight excluding hydrogens is 306 g/mol. The molecule has 0 radical (unpaired) electrons. The molecule has 5 heteroatoms. The summed E-state index contributed by atoms with van der Waals surface area (Å²) in [5.41, 5.74) is 4.00. The van der Waals surface area contributed by atoms with Crippen LogP contribution in [-0.4, -0.2) is 15.9 Å². The molecule has 0 atom stereocenters. The molecule has 2 aromatic rings. The predicted octanol–water partition coefficient (Wildman–Crippen LogP) is 3.42. The van der Waals surface area contributed by atoms with E-state index in [-0.39, 0.29) is 5.91 Å². The lowest BCUT2D eigenvalue weighted by atomic mass is 10.1. The van der Waals surface area contributed by atoms with Gasteiger partial charge in [0.05, 0.1) is 11.9 Å². The summed E-state index contributed by atoms with van der Waals surface area (Å²) in [6, 6.07) is 3.83. The molecule has 1 amide bonds. The van der Waals surface area contributed by atoms with Gasteiger partial charge in [0.1, 0.15) is 5.69 Å². The number of hydrogen-bond acceptors (Lipinski definition) is 3. The first-order valence-electron chi connectivity index (χ1n) is 5.84. The average molecular weight is 320 g/mol. The van der Waals surface area contributed by atoms with Crippen molar-refractivity contribution in [2.45, 2.75) is 20.8 Å². The van der Waals surface area contributed by atoms with E-state index in [1.807, 2.05) is 32.9 Å². The molecule has 0 bridgehead atoms. The largest absolute Gasteiger partial charge is 0.321 e. The molecule has 0 saturated heterocycles. The second-order valence-electron chi connectivity index (χ2n) is 4.42. The Morgan fingerprint density at radius 3 is 2.26 bits per heavy atom. The van der Waals surface area contributed by atoms with Gasteiger partial charge in [0, 0.05) is 16.4 Å². The minimum absolute atomic E-state index is 0.256. The van der Waals surface area contributed by atoms with Gasteiger partial charge in [-0.25, -0.2) is 4.98 Å². The van der Waals surface area contributed by atoms with Crippen LogP contribution in [0.5, 0.6) is 0 Å². The average Bonchev–Trinajstić information content (AvgIpc) is 2.36. The summed E-state index contributed by atoms with van der Waals surface area (Å²) in [4.78, 5) is 20.1. The molecule has 98 valence electrons. The number of aryl methyl sites for hydroxylation is 3. The first-order chi connectivity index (χ1) is 8.97. The summed E-state index contributed by atoms with van der Waals surface area (Å²) < 4.78 is 1.06. The highest BCUT2D eigenvalue weighted by atomic mass is 79.9.